The van der Waals surface area contributed by atoms with Gasteiger partial charge in [-0.1, -0.05) is 44.2 Å². The molecule has 1 aromatic rings. The average Bonchev–Trinajstić information content (AvgIpc) is 2.82. The van der Waals surface area contributed by atoms with E-state index in [1.165, 1.54) is 5.56 Å². The molecule has 2 fully saturated rings. The van der Waals surface area contributed by atoms with Gasteiger partial charge in [0.1, 0.15) is 0 Å². The largest absolute Gasteiger partial charge is 0.388 e. The van der Waals surface area contributed by atoms with Crippen LogP contribution >= 0.6 is 0 Å². The Labute approximate surface area is 103 Å². The van der Waals surface area contributed by atoms with Gasteiger partial charge in [0, 0.05) is 25.0 Å². The number of hydrogen-bond acceptors (Lipinski definition) is 2. The summed E-state index contributed by atoms with van der Waals surface area (Å²) < 4.78 is 0. The van der Waals surface area contributed by atoms with Crippen LogP contribution < -0.4 is 0 Å². The number of hydrogen-bond donors (Lipinski definition) is 1. The van der Waals surface area contributed by atoms with Gasteiger partial charge in [-0.2, -0.15) is 0 Å². The van der Waals surface area contributed by atoms with Crippen LogP contribution in [0.15, 0.2) is 30.3 Å². The highest BCUT2D eigenvalue weighted by molar-refractivity contribution is 5.21. The van der Waals surface area contributed by atoms with Crippen molar-refractivity contribution in [3.63, 3.8) is 0 Å². The third-order valence-electron chi connectivity index (χ3n) is 4.34. The molecule has 0 spiro atoms. The SMILES string of the molecule is CC(C)[C@@H]1N(Cc2ccccc2)CC2C[C@]21O. The first-order chi connectivity index (χ1) is 8.11. The van der Waals surface area contributed by atoms with Gasteiger partial charge in [-0.3, -0.25) is 4.90 Å². The molecular formula is C15H21NO. The second kappa shape index (κ2) is 3.82. The first kappa shape index (κ1) is 11.2. The molecule has 0 bridgehead atoms. The van der Waals surface area contributed by atoms with Gasteiger partial charge in [-0.05, 0) is 17.9 Å². The summed E-state index contributed by atoms with van der Waals surface area (Å²) in [5.41, 5.74) is 0.978. The molecule has 0 radical (unpaired) electrons. The van der Waals surface area contributed by atoms with E-state index in [1.807, 2.05) is 0 Å². The first-order valence-corrected chi connectivity index (χ1v) is 6.61. The highest BCUT2D eigenvalue weighted by Crippen LogP contribution is 2.55. The van der Waals surface area contributed by atoms with Gasteiger partial charge in [0.15, 0.2) is 0 Å². The van der Waals surface area contributed by atoms with E-state index >= 15 is 0 Å². The minimum atomic E-state index is -0.372. The molecule has 1 heterocycles. The van der Waals surface area contributed by atoms with E-state index in [9.17, 15) is 5.11 Å². The van der Waals surface area contributed by atoms with Crippen molar-refractivity contribution in [2.24, 2.45) is 11.8 Å². The molecule has 2 heteroatoms. The highest BCUT2D eigenvalue weighted by atomic mass is 16.3. The van der Waals surface area contributed by atoms with Crippen LogP contribution in [0, 0.1) is 11.8 Å². The molecule has 1 aliphatic heterocycles. The van der Waals surface area contributed by atoms with Gasteiger partial charge < -0.3 is 5.11 Å². The van der Waals surface area contributed by atoms with E-state index < -0.39 is 0 Å². The Morgan fingerprint density at radius 1 is 1.35 bits per heavy atom. The Balaban J connectivity index is 1.76. The molecule has 3 rings (SSSR count). The number of nitrogens with zero attached hydrogens (tertiary/aromatic N) is 1. The zero-order chi connectivity index (χ0) is 12.0. The minimum absolute atomic E-state index is 0.340. The molecule has 3 atom stereocenters. The van der Waals surface area contributed by atoms with Crippen molar-refractivity contribution in [1.29, 1.82) is 0 Å². The summed E-state index contributed by atoms with van der Waals surface area (Å²) in [6.45, 7) is 6.49. The average molecular weight is 231 g/mol. The minimum Gasteiger partial charge on any atom is -0.388 e. The number of piperidine rings is 1. The summed E-state index contributed by atoms with van der Waals surface area (Å²) in [4.78, 5) is 2.47. The summed E-state index contributed by atoms with van der Waals surface area (Å²) in [6.07, 6.45) is 1.02. The normalized spacial score (nSPS) is 36.2. The summed E-state index contributed by atoms with van der Waals surface area (Å²) in [5, 5.41) is 10.5. The van der Waals surface area contributed by atoms with Gasteiger partial charge in [-0.15, -0.1) is 0 Å². The van der Waals surface area contributed by atoms with Gasteiger partial charge in [0.2, 0.25) is 0 Å². The molecule has 1 aliphatic carbocycles. The maximum atomic E-state index is 10.5. The van der Waals surface area contributed by atoms with Crippen LogP contribution in [-0.2, 0) is 6.54 Å². The summed E-state index contributed by atoms with van der Waals surface area (Å²) in [5.74, 6) is 1.05. The number of likely N-dealkylation sites (tertiary alicyclic amines) is 1. The van der Waals surface area contributed by atoms with E-state index in [4.69, 9.17) is 0 Å². The Bertz CT molecular complexity index is 403. The predicted molar refractivity (Wildman–Crippen MR) is 68.5 cm³/mol. The lowest BCUT2D eigenvalue weighted by atomic mass is 9.96. The van der Waals surface area contributed by atoms with Crippen LogP contribution in [0.25, 0.3) is 0 Å². The first-order valence-electron chi connectivity index (χ1n) is 6.61. The van der Waals surface area contributed by atoms with Crippen LogP contribution in [0.1, 0.15) is 25.8 Å². The van der Waals surface area contributed by atoms with E-state index in [0.717, 1.165) is 19.5 Å². The highest BCUT2D eigenvalue weighted by Gasteiger charge is 2.65. The Hall–Kier alpha value is -0.860. The Morgan fingerprint density at radius 2 is 2.06 bits per heavy atom. The fourth-order valence-electron chi connectivity index (χ4n) is 3.61. The van der Waals surface area contributed by atoms with Gasteiger partial charge in [0.05, 0.1) is 5.60 Å². The van der Waals surface area contributed by atoms with Crippen LogP contribution in [-0.4, -0.2) is 28.2 Å². The molecule has 2 nitrogen and oxygen atoms in total. The topological polar surface area (TPSA) is 23.5 Å². The lowest BCUT2D eigenvalue weighted by Gasteiger charge is -2.33. The standard InChI is InChI=1S/C15H21NO/c1-11(2)14-15(17)8-13(15)10-16(14)9-12-6-4-3-5-7-12/h3-7,11,13-14,17H,8-10H2,1-2H3/t13?,14-,15-/m0/s1. The lowest BCUT2D eigenvalue weighted by Crippen LogP contribution is -2.43. The third kappa shape index (κ3) is 1.80. The summed E-state index contributed by atoms with van der Waals surface area (Å²) in [6, 6.07) is 10.9. The molecule has 17 heavy (non-hydrogen) atoms. The van der Waals surface area contributed by atoms with Crippen molar-refractivity contribution < 1.29 is 5.11 Å². The zero-order valence-electron chi connectivity index (χ0n) is 10.6. The zero-order valence-corrected chi connectivity index (χ0v) is 10.6. The van der Waals surface area contributed by atoms with Crippen LogP contribution in [0.3, 0.4) is 0 Å². The van der Waals surface area contributed by atoms with Crippen molar-refractivity contribution in [3.05, 3.63) is 35.9 Å². The van der Waals surface area contributed by atoms with Crippen molar-refractivity contribution in [3.8, 4) is 0 Å². The predicted octanol–water partition coefficient (Wildman–Crippen LogP) is 2.28. The van der Waals surface area contributed by atoms with Crippen molar-refractivity contribution >= 4 is 0 Å². The van der Waals surface area contributed by atoms with E-state index in [-0.39, 0.29) is 5.60 Å². The second-order valence-corrected chi connectivity index (χ2v) is 6.00. The lowest BCUT2D eigenvalue weighted by molar-refractivity contribution is 0.0392. The second-order valence-electron chi connectivity index (χ2n) is 6.00. The summed E-state index contributed by atoms with van der Waals surface area (Å²) in [7, 11) is 0. The fraction of sp³-hybridized carbons (Fsp3) is 0.600. The number of fused-ring (bicyclic) bond motifs is 1. The summed E-state index contributed by atoms with van der Waals surface area (Å²) >= 11 is 0. The molecule has 1 unspecified atom stereocenters. The van der Waals surface area contributed by atoms with Crippen molar-refractivity contribution in [2.75, 3.05) is 6.54 Å². The fourth-order valence-corrected chi connectivity index (χ4v) is 3.61. The monoisotopic (exact) mass is 231 g/mol. The van der Waals surface area contributed by atoms with Gasteiger partial charge in [-0.25, -0.2) is 0 Å². The molecule has 1 aromatic carbocycles. The number of rotatable bonds is 3. The third-order valence-corrected chi connectivity index (χ3v) is 4.34. The van der Waals surface area contributed by atoms with E-state index in [0.29, 0.717) is 17.9 Å². The van der Waals surface area contributed by atoms with E-state index in [1.54, 1.807) is 0 Å². The number of benzene rings is 1. The molecule has 0 aromatic heterocycles. The molecular weight excluding hydrogens is 210 g/mol. The quantitative estimate of drug-likeness (QED) is 0.862. The molecule has 92 valence electrons. The molecule has 0 amide bonds. The molecule has 1 saturated heterocycles. The Kier molecular flexibility index (Phi) is 2.53. The molecule has 2 aliphatic rings. The van der Waals surface area contributed by atoms with Crippen LogP contribution in [0.5, 0.6) is 0 Å². The number of aliphatic hydroxyl groups is 1. The maximum Gasteiger partial charge on any atom is 0.0850 e. The van der Waals surface area contributed by atoms with Crippen molar-refractivity contribution in [2.45, 2.75) is 38.5 Å². The maximum absolute atomic E-state index is 10.5. The Morgan fingerprint density at radius 3 is 2.71 bits per heavy atom. The van der Waals surface area contributed by atoms with Gasteiger partial charge >= 0.3 is 0 Å². The smallest absolute Gasteiger partial charge is 0.0850 e. The van der Waals surface area contributed by atoms with E-state index in [2.05, 4.69) is 49.1 Å². The van der Waals surface area contributed by atoms with Crippen LogP contribution in [0.4, 0.5) is 0 Å². The molecule has 1 N–H and O–H groups in total. The van der Waals surface area contributed by atoms with Crippen molar-refractivity contribution in [1.82, 2.24) is 4.90 Å². The molecule has 1 saturated carbocycles. The van der Waals surface area contributed by atoms with Crippen LogP contribution in [0.2, 0.25) is 0 Å². The van der Waals surface area contributed by atoms with Gasteiger partial charge in [0.25, 0.3) is 0 Å².